The van der Waals surface area contributed by atoms with Crippen molar-refractivity contribution in [3.63, 3.8) is 0 Å². The Morgan fingerprint density at radius 3 is 2.81 bits per heavy atom. The number of piperidine rings is 1. The highest BCUT2D eigenvalue weighted by atomic mass is 15.2. The van der Waals surface area contributed by atoms with Crippen LogP contribution in [0.4, 0.5) is 11.4 Å². The highest BCUT2D eigenvalue weighted by Gasteiger charge is 2.25. The molecule has 0 saturated carbocycles. The molecule has 1 aliphatic heterocycles. The van der Waals surface area contributed by atoms with E-state index >= 15 is 0 Å². The Morgan fingerprint density at radius 1 is 1.31 bits per heavy atom. The lowest BCUT2D eigenvalue weighted by Crippen LogP contribution is -2.42. The SMILES string of the molecule is Cc1c(N)cccc1N1CCCC(C)C1C. The second-order valence-electron chi connectivity index (χ2n) is 5.04. The summed E-state index contributed by atoms with van der Waals surface area (Å²) in [5, 5.41) is 0. The highest BCUT2D eigenvalue weighted by Crippen LogP contribution is 2.32. The lowest BCUT2D eigenvalue weighted by molar-refractivity contribution is 0.363. The Bertz CT molecular complexity index is 373. The molecule has 1 aromatic carbocycles. The molecule has 16 heavy (non-hydrogen) atoms. The molecule has 0 radical (unpaired) electrons. The molecule has 1 saturated heterocycles. The standard InChI is InChI=1S/C14H22N2/c1-10-6-5-9-16(12(10)3)14-8-4-7-13(15)11(14)2/h4,7-8,10,12H,5-6,9,15H2,1-3H3. The third-order valence-corrected chi connectivity index (χ3v) is 4.03. The van der Waals surface area contributed by atoms with E-state index in [9.17, 15) is 0 Å². The van der Waals surface area contributed by atoms with Crippen molar-refractivity contribution < 1.29 is 0 Å². The summed E-state index contributed by atoms with van der Waals surface area (Å²) in [6.45, 7) is 7.96. The van der Waals surface area contributed by atoms with E-state index in [1.807, 2.05) is 6.07 Å². The minimum atomic E-state index is 0.620. The Hall–Kier alpha value is -1.18. The maximum absolute atomic E-state index is 5.98. The van der Waals surface area contributed by atoms with E-state index in [2.05, 4.69) is 37.8 Å². The van der Waals surface area contributed by atoms with Gasteiger partial charge in [0.2, 0.25) is 0 Å². The molecule has 0 amide bonds. The van der Waals surface area contributed by atoms with E-state index in [1.54, 1.807) is 0 Å². The summed E-state index contributed by atoms with van der Waals surface area (Å²) in [6.07, 6.45) is 2.64. The van der Waals surface area contributed by atoms with Gasteiger partial charge in [-0.3, -0.25) is 0 Å². The van der Waals surface area contributed by atoms with Gasteiger partial charge in [0.05, 0.1) is 0 Å². The van der Waals surface area contributed by atoms with Crippen molar-refractivity contribution in [3.8, 4) is 0 Å². The van der Waals surface area contributed by atoms with Gasteiger partial charge in [-0.2, -0.15) is 0 Å². The molecule has 1 heterocycles. The van der Waals surface area contributed by atoms with Crippen molar-refractivity contribution in [1.29, 1.82) is 0 Å². The third kappa shape index (κ3) is 1.89. The van der Waals surface area contributed by atoms with Gasteiger partial charge < -0.3 is 10.6 Å². The van der Waals surface area contributed by atoms with E-state index in [1.165, 1.54) is 24.1 Å². The second kappa shape index (κ2) is 4.36. The summed E-state index contributed by atoms with van der Waals surface area (Å²) in [6, 6.07) is 6.86. The van der Waals surface area contributed by atoms with E-state index in [-0.39, 0.29) is 0 Å². The number of nitrogens with two attached hydrogens (primary N) is 1. The van der Waals surface area contributed by atoms with Crippen molar-refractivity contribution in [3.05, 3.63) is 23.8 Å². The van der Waals surface area contributed by atoms with E-state index in [0.717, 1.165) is 18.2 Å². The smallest absolute Gasteiger partial charge is 0.0419 e. The molecule has 2 atom stereocenters. The summed E-state index contributed by atoms with van der Waals surface area (Å²) < 4.78 is 0. The Balaban J connectivity index is 2.32. The van der Waals surface area contributed by atoms with Crippen molar-refractivity contribution in [2.45, 2.75) is 39.7 Å². The molecule has 1 fully saturated rings. The Labute approximate surface area is 98.4 Å². The first-order valence-electron chi connectivity index (χ1n) is 6.23. The molecule has 1 aliphatic rings. The second-order valence-corrected chi connectivity index (χ2v) is 5.04. The lowest BCUT2D eigenvalue weighted by Gasteiger charge is -2.40. The van der Waals surface area contributed by atoms with Gasteiger partial charge >= 0.3 is 0 Å². The topological polar surface area (TPSA) is 29.3 Å². The Morgan fingerprint density at radius 2 is 2.06 bits per heavy atom. The first-order chi connectivity index (χ1) is 7.61. The molecule has 2 nitrogen and oxygen atoms in total. The molecule has 2 unspecified atom stereocenters. The van der Waals surface area contributed by atoms with Crippen LogP contribution in [0.3, 0.4) is 0 Å². The summed E-state index contributed by atoms with van der Waals surface area (Å²) in [4.78, 5) is 2.51. The molecular formula is C14H22N2. The zero-order valence-electron chi connectivity index (χ0n) is 10.5. The van der Waals surface area contributed by atoms with Gasteiger partial charge in [0.15, 0.2) is 0 Å². The monoisotopic (exact) mass is 218 g/mol. The van der Waals surface area contributed by atoms with Gasteiger partial charge in [-0.25, -0.2) is 0 Å². The molecule has 2 rings (SSSR count). The molecule has 0 spiro atoms. The van der Waals surface area contributed by atoms with Crippen molar-refractivity contribution >= 4 is 11.4 Å². The number of hydrogen-bond acceptors (Lipinski definition) is 2. The van der Waals surface area contributed by atoms with E-state index in [0.29, 0.717) is 6.04 Å². The molecule has 0 bridgehead atoms. The zero-order chi connectivity index (χ0) is 11.7. The first kappa shape index (κ1) is 11.3. The molecule has 2 N–H and O–H groups in total. The number of rotatable bonds is 1. The van der Waals surface area contributed by atoms with Crippen LogP contribution in [0.5, 0.6) is 0 Å². The van der Waals surface area contributed by atoms with Gasteiger partial charge in [-0.05, 0) is 50.3 Å². The molecule has 1 aromatic rings. The van der Waals surface area contributed by atoms with Crippen LogP contribution < -0.4 is 10.6 Å². The average Bonchev–Trinajstić information content (AvgIpc) is 2.27. The lowest BCUT2D eigenvalue weighted by atomic mass is 9.91. The first-order valence-corrected chi connectivity index (χ1v) is 6.23. The van der Waals surface area contributed by atoms with E-state index in [4.69, 9.17) is 5.73 Å². The van der Waals surface area contributed by atoms with Crippen LogP contribution in [0.1, 0.15) is 32.3 Å². The molecule has 2 heteroatoms. The van der Waals surface area contributed by atoms with Crippen LogP contribution in [-0.2, 0) is 0 Å². The largest absolute Gasteiger partial charge is 0.398 e. The van der Waals surface area contributed by atoms with Gasteiger partial charge in [-0.1, -0.05) is 13.0 Å². The molecule has 0 aliphatic carbocycles. The minimum absolute atomic E-state index is 0.620. The normalized spacial score (nSPS) is 25.8. The van der Waals surface area contributed by atoms with Crippen LogP contribution in [0.25, 0.3) is 0 Å². The molecular weight excluding hydrogens is 196 g/mol. The number of anilines is 2. The maximum Gasteiger partial charge on any atom is 0.0419 e. The van der Waals surface area contributed by atoms with Crippen molar-refractivity contribution in [2.75, 3.05) is 17.2 Å². The fraction of sp³-hybridized carbons (Fsp3) is 0.571. The van der Waals surface area contributed by atoms with E-state index < -0.39 is 0 Å². The quantitative estimate of drug-likeness (QED) is 0.733. The number of benzene rings is 1. The number of nitrogens with zero attached hydrogens (tertiary/aromatic N) is 1. The van der Waals surface area contributed by atoms with Gasteiger partial charge in [-0.15, -0.1) is 0 Å². The van der Waals surface area contributed by atoms with Crippen LogP contribution in [0, 0.1) is 12.8 Å². The van der Waals surface area contributed by atoms with Crippen LogP contribution >= 0.6 is 0 Å². The highest BCUT2D eigenvalue weighted by molar-refractivity contribution is 5.64. The third-order valence-electron chi connectivity index (χ3n) is 4.03. The van der Waals surface area contributed by atoms with Gasteiger partial charge in [0, 0.05) is 24.0 Å². The van der Waals surface area contributed by atoms with Crippen LogP contribution in [0.15, 0.2) is 18.2 Å². The summed E-state index contributed by atoms with van der Waals surface area (Å²) in [7, 11) is 0. The van der Waals surface area contributed by atoms with Gasteiger partial charge in [0.1, 0.15) is 0 Å². The number of nitrogen functional groups attached to an aromatic ring is 1. The van der Waals surface area contributed by atoms with Crippen molar-refractivity contribution in [1.82, 2.24) is 0 Å². The molecule has 0 aromatic heterocycles. The summed E-state index contributed by atoms with van der Waals surface area (Å²) in [5.74, 6) is 0.773. The fourth-order valence-electron chi connectivity index (χ4n) is 2.63. The summed E-state index contributed by atoms with van der Waals surface area (Å²) >= 11 is 0. The van der Waals surface area contributed by atoms with Crippen LogP contribution in [-0.4, -0.2) is 12.6 Å². The minimum Gasteiger partial charge on any atom is -0.398 e. The van der Waals surface area contributed by atoms with Crippen molar-refractivity contribution in [2.24, 2.45) is 5.92 Å². The maximum atomic E-state index is 5.98. The predicted octanol–water partition coefficient (Wildman–Crippen LogP) is 3.20. The predicted molar refractivity (Wildman–Crippen MR) is 70.8 cm³/mol. The Kier molecular flexibility index (Phi) is 3.08. The average molecular weight is 218 g/mol. The summed E-state index contributed by atoms with van der Waals surface area (Å²) in [5.41, 5.74) is 9.43. The zero-order valence-corrected chi connectivity index (χ0v) is 10.5. The fourth-order valence-corrected chi connectivity index (χ4v) is 2.63. The number of hydrogen-bond donors (Lipinski definition) is 1. The molecule has 88 valence electrons. The van der Waals surface area contributed by atoms with Gasteiger partial charge in [0.25, 0.3) is 0 Å². The van der Waals surface area contributed by atoms with Crippen LogP contribution in [0.2, 0.25) is 0 Å².